The van der Waals surface area contributed by atoms with Crippen molar-refractivity contribution < 1.29 is 22.6 Å². The van der Waals surface area contributed by atoms with Crippen LogP contribution in [0.15, 0.2) is 30.6 Å². The van der Waals surface area contributed by atoms with E-state index in [1.54, 1.807) is 7.11 Å². The van der Waals surface area contributed by atoms with Crippen LogP contribution in [0.5, 0.6) is 5.75 Å². The van der Waals surface area contributed by atoms with Gasteiger partial charge in [0.05, 0.1) is 36.9 Å². The maximum atomic E-state index is 14.5. The minimum absolute atomic E-state index is 0.0414. The quantitative estimate of drug-likeness (QED) is 0.353. The Morgan fingerprint density at radius 1 is 1.00 bits per heavy atom. The van der Waals surface area contributed by atoms with E-state index < -0.39 is 21.6 Å². The Balaban J connectivity index is 1.32. The van der Waals surface area contributed by atoms with E-state index in [-0.39, 0.29) is 37.1 Å². The Morgan fingerprint density at radius 3 is 2.43 bits per heavy atom. The zero-order valence-electron chi connectivity index (χ0n) is 30.1. The molecule has 4 bridgehead atoms. The molecule has 6 rings (SSSR count). The average Bonchev–Trinajstić information content (AvgIpc) is 3.58. The fraction of sp³-hybridized carbons (Fsp3) is 0.730. The third-order valence-electron chi connectivity index (χ3n) is 10.9. The van der Waals surface area contributed by atoms with E-state index in [0.717, 1.165) is 50.2 Å². The summed E-state index contributed by atoms with van der Waals surface area (Å²) in [5, 5.41) is 6.72. The first-order valence-corrected chi connectivity index (χ1v) is 20.0. The molecule has 2 saturated carbocycles. The number of rotatable bonds is 9. The SMILES string of the molecule is COCN1C2NC(CC(c3c(C)cccc3C)N2)OC[C@@H](CC(C)C)N(Cc2ncc(OC3CCCC3)cn2)CC2CCCC(C2)S1(=O)=O. The van der Waals surface area contributed by atoms with Crippen LogP contribution in [0.25, 0.3) is 0 Å². The first-order chi connectivity index (χ1) is 23.6. The lowest BCUT2D eigenvalue weighted by atomic mass is 9.87. The summed E-state index contributed by atoms with van der Waals surface area (Å²) in [5.74, 6) is 2.15. The van der Waals surface area contributed by atoms with Crippen molar-refractivity contribution in [1.29, 1.82) is 0 Å². The van der Waals surface area contributed by atoms with E-state index >= 15 is 0 Å². The summed E-state index contributed by atoms with van der Waals surface area (Å²) in [6, 6.07) is 6.32. The van der Waals surface area contributed by atoms with Crippen molar-refractivity contribution in [2.45, 2.75) is 134 Å². The molecule has 4 fully saturated rings. The standard InChI is InChI=1S/C37H58N6O5S/c1-25(2)16-29-23-47-35-18-33(36-26(3)10-8-11-27(36)4)40-37(41-35)43(24-46-5)49(44,45)32-15-9-12-28(17-32)21-42(29)22-34-38-19-31(20-39-34)48-30-13-6-7-14-30/h8,10-11,19-20,25,28-30,32-33,35,37,40-41H,6-7,9,12-18,21-24H2,1-5H3/t28?,29-,32?,33?,35?,37?/m1/s1. The van der Waals surface area contributed by atoms with Crippen molar-refractivity contribution in [2.75, 3.05) is 27.0 Å². The third-order valence-corrected chi connectivity index (χ3v) is 13.2. The maximum Gasteiger partial charge on any atom is 0.221 e. The van der Waals surface area contributed by atoms with Crippen LogP contribution in [0.4, 0.5) is 0 Å². The number of aromatic nitrogens is 2. The van der Waals surface area contributed by atoms with Crippen LogP contribution in [-0.2, 0) is 26.0 Å². The molecule has 1 aromatic carbocycles. The monoisotopic (exact) mass is 698 g/mol. The molecule has 0 amide bonds. The predicted molar refractivity (Wildman–Crippen MR) is 190 cm³/mol. The van der Waals surface area contributed by atoms with Gasteiger partial charge in [-0.1, -0.05) is 38.5 Å². The van der Waals surface area contributed by atoms with Crippen LogP contribution in [0.3, 0.4) is 0 Å². The molecule has 3 heterocycles. The second kappa shape index (κ2) is 16.4. The number of hydrogen-bond donors (Lipinski definition) is 2. The summed E-state index contributed by atoms with van der Waals surface area (Å²) in [5.41, 5.74) is 3.54. The molecule has 4 aliphatic rings. The van der Waals surface area contributed by atoms with Crippen molar-refractivity contribution in [1.82, 2.24) is 29.8 Å². The molecule has 49 heavy (non-hydrogen) atoms. The second-order valence-electron chi connectivity index (χ2n) is 15.2. The summed E-state index contributed by atoms with van der Waals surface area (Å²) >= 11 is 0. The fourth-order valence-electron chi connectivity index (χ4n) is 8.55. The highest BCUT2D eigenvalue weighted by Gasteiger charge is 2.44. The van der Waals surface area contributed by atoms with Crippen LogP contribution < -0.4 is 15.4 Å². The predicted octanol–water partition coefficient (Wildman–Crippen LogP) is 5.39. The summed E-state index contributed by atoms with van der Waals surface area (Å²) in [7, 11) is -2.17. The molecule has 0 spiro atoms. The first-order valence-electron chi connectivity index (χ1n) is 18.5. The molecule has 2 N–H and O–H groups in total. The topological polar surface area (TPSA) is 118 Å². The highest BCUT2D eigenvalue weighted by Crippen LogP contribution is 2.35. The van der Waals surface area contributed by atoms with Crippen LogP contribution in [0.1, 0.15) is 107 Å². The Hall–Kier alpha value is -2.19. The molecular weight excluding hydrogens is 641 g/mol. The number of aryl methyl sites for hydroxylation is 2. The van der Waals surface area contributed by atoms with Crippen LogP contribution in [0, 0.1) is 25.7 Å². The molecule has 0 radical (unpaired) electrons. The Morgan fingerprint density at radius 2 is 1.73 bits per heavy atom. The Labute approximate surface area is 293 Å². The zero-order chi connectivity index (χ0) is 34.5. The third kappa shape index (κ3) is 9.01. The van der Waals surface area contributed by atoms with Gasteiger partial charge in [-0.2, -0.15) is 0 Å². The lowest BCUT2D eigenvalue weighted by molar-refractivity contribution is -0.0671. The number of fused-ring (bicyclic) bond motifs is 4. The number of benzene rings is 1. The van der Waals surface area contributed by atoms with Crippen molar-refractivity contribution in [3.8, 4) is 5.75 Å². The van der Waals surface area contributed by atoms with E-state index in [1.807, 2.05) is 12.4 Å². The van der Waals surface area contributed by atoms with Gasteiger partial charge in [0.25, 0.3) is 0 Å². The molecule has 5 unspecified atom stereocenters. The summed E-state index contributed by atoms with van der Waals surface area (Å²) < 4.78 is 49.1. The molecule has 12 heteroatoms. The largest absolute Gasteiger partial charge is 0.487 e. The van der Waals surface area contributed by atoms with Gasteiger partial charge in [0.2, 0.25) is 10.0 Å². The lowest BCUT2D eigenvalue weighted by Crippen LogP contribution is -2.65. The van der Waals surface area contributed by atoms with Crippen molar-refractivity contribution >= 4 is 10.0 Å². The number of ether oxygens (including phenoxy) is 3. The van der Waals surface area contributed by atoms with E-state index in [2.05, 4.69) is 61.4 Å². The lowest BCUT2D eigenvalue weighted by Gasteiger charge is -2.43. The molecule has 2 aliphatic heterocycles. The Bertz CT molecular complexity index is 1450. The van der Waals surface area contributed by atoms with Gasteiger partial charge in [-0.05, 0) is 93.7 Å². The smallest absolute Gasteiger partial charge is 0.221 e. The summed E-state index contributed by atoms with van der Waals surface area (Å²) in [6.07, 6.45) is 12.2. The van der Waals surface area contributed by atoms with E-state index in [9.17, 15) is 8.42 Å². The van der Waals surface area contributed by atoms with Gasteiger partial charge in [0, 0.05) is 32.2 Å². The summed E-state index contributed by atoms with van der Waals surface area (Å²) in [4.78, 5) is 12.0. The molecule has 1 aromatic heterocycles. The van der Waals surface area contributed by atoms with Gasteiger partial charge in [-0.3, -0.25) is 15.5 Å². The summed E-state index contributed by atoms with van der Waals surface area (Å²) in [6.45, 7) is 10.6. The highest BCUT2D eigenvalue weighted by atomic mass is 32.2. The van der Waals surface area contributed by atoms with E-state index in [1.165, 1.54) is 33.8 Å². The van der Waals surface area contributed by atoms with Gasteiger partial charge in [0.15, 0.2) is 5.75 Å². The van der Waals surface area contributed by atoms with Gasteiger partial charge in [-0.25, -0.2) is 18.4 Å². The molecule has 6 atom stereocenters. The Kier molecular flexibility index (Phi) is 12.3. The molecular formula is C37H58N6O5S. The van der Waals surface area contributed by atoms with Crippen molar-refractivity contribution in [3.05, 3.63) is 53.1 Å². The number of hydrogen-bond acceptors (Lipinski definition) is 10. The first kappa shape index (κ1) is 36.6. The average molecular weight is 699 g/mol. The normalized spacial score (nSPS) is 30.4. The van der Waals surface area contributed by atoms with Crippen LogP contribution in [0.2, 0.25) is 0 Å². The van der Waals surface area contributed by atoms with Crippen molar-refractivity contribution in [2.24, 2.45) is 11.8 Å². The van der Waals surface area contributed by atoms with Crippen LogP contribution in [-0.4, -0.2) is 84.5 Å². The fourth-order valence-corrected chi connectivity index (χ4v) is 10.6. The minimum atomic E-state index is -3.73. The number of nitrogens with one attached hydrogen (secondary N) is 2. The highest BCUT2D eigenvalue weighted by molar-refractivity contribution is 7.89. The zero-order valence-corrected chi connectivity index (χ0v) is 31.0. The van der Waals surface area contributed by atoms with E-state index in [4.69, 9.17) is 24.2 Å². The van der Waals surface area contributed by atoms with Crippen molar-refractivity contribution in [3.63, 3.8) is 0 Å². The molecule has 272 valence electrons. The van der Waals surface area contributed by atoms with Gasteiger partial charge >= 0.3 is 0 Å². The van der Waals surface area contributed by atoms with Gasteiger partial charge in [0.1, 0.15) is 25.1 Å². The molecule has 2 aliphatic carbocycles. The molecule has 2 saturated heterocycles. The second-order valence-corrected chi connectivity index (χ2v) is 17.4. The molecule has 11 nitrogen and oxygen atoms in total. The maximum absolute atomic E-state index is 14.5. The van der Waals surface area contributed by atoms with Crippen LogP contribution >= 0.6 is 0 Å². The molecule has 2 aromatic rings. The number of sulfonamides is 1. The van der Waals surface area contributed by atoms with Gasteiger partial charge in [-0.15, -0.1) is 4.31 Å². The number of nitrogens with zero attached hydrogens (tertiary/aromatic N) is 4. The van der Waals surface area contributed by atoms with Gasteiger partial charge < -0.3 is 14.2 Å². The van der Waals surface area contributed by atoms with E-state index in [0.29, 0.717) is 38.3 Å². The minimum Gasteiger partial charge on any atom is -0.487 e. The number of methoxy groups -OCH3 is 1.